The lowest BCUT2D eigenvalue weighted by Gasteiger charge is -2.21. The fourth-order valence-corrected chi connectivity index (χ4v) is 3.40. The van der Waals surface area contributed by atoms with Gasteiger partial charge in [-0.15, -0.1) is 0 Å². The molecule has 3 aromatic rings. The predicted octanol–water partition coefficient (Wildman–Crippen LogP) is 6.28. The Morgan fingerprint density at radius 2 is 1.42 bits per heavy atom. The number of benzene rings is 3. The number of halogens is 2. The van der Waals surface area contributed by atoms with Gasteiger partial charge in [-0.25, -0.2) is 10.2 Å². The average Bonchev–Trinajstić information content (AvgIpc) is 2.79. The quantitative estimate of drug-likeness (QED) is 0.335. The number of carbonyl (C=O) groups excluding carboxylic acids is 1. The topological polar surface area (TPSA) is 59.9 Å². The van der Waals surface area contributed by atoms with Gasteiger partial charge in [-0.3, -0.25) is 0 Å². The third kappa shape index (κ3) is 6.00. The van der Waals surface area contributed by atoms with E-state index in [1.165, 1.54) is 0 Å². The van der Waals surface area contributed by atoms with Gasteiger partial charge in [-0.1, -0.05) is 47.5 Å². The van der Waals surface area contributed by atoms with E-state index in [9.17, 15) is 4.79 Å². The highest BCUT2D eigenvalue weighted by Crippen LogP contribution is 2.31. The first-order valence-electron chi connectivity index (χ1n) is 9.67. The first-order valence-corrected chi connectivity index (χ1v) is 10.4. The summed E-state index contributed by atoms with van der Waals surface area (Å²) in [7, 11) is 1.61. The van der Waals surface area contributed by atoms with Crippen LogP contribution < -0.4 is 10.2 Å². The highest BCUT2D eigenvalue weighted by Gasteiger charge is 2.23. The molecule has 0 aromatic heterocycles. The van der Waals surface area contributed by atoms with Crippen LogP contribution in [0.4, 0.5) is 4.79 Å². The zero-order chi connectivity index (χ0) is 22.2. The molecule has 0 unspecified atom stereocenters. The van der Waals surface area contributed by atoms with E-state index in [1.807, 2.05) is 72.8 Å². The molecule has 0 saturated carbocycles. The predicted molar refractivity (Wildman–Crippen MR) is 124 cm³/mol. The summed E-state index contributed by atoms with van der Waals surface area (Å²) in [5.74, 6) is 0.417. The minimum atomic E-state index is -0.625. The lowest BCUT2D eigenvalue weighted by Crippen LogP contribution is -2.24. The van der Waals surface area contributed by atoms with Crippen molar-refractivity contribution in [3.63, 3.8) is 0 Å². The van der Waals surface area contributed by atoms with Crippen LogP contribution >= 0.6 is 23.2 Å². The van der Waals surface area contributed by atoms with Crippen molar-refractivity contribution in [2.45, 2.75) is 12.8 Å². The highest BCUT2D eigenvalue weighted by molar-refractivity contribution is 6.30. The number of amides is 1. The summed E-state index contributed by atoms with van der Waals surface area (Å²) in [5, 5.41) is 5.71. The van der Waals surface area contributed by atoms with Crippen LogP contribution in [0.5, 0.6) is 5.75 Å². The van der Waals surface area contributed by atoms with Crippen LogP contribution in [-0.4, -0.2) is 25.5 Å². The van der Waals surface area contributed by atoms with Gasteiger partial charge >= 0.3 is 6.09 Å². The fourth-order valence-electron chi connectivity index (χ4n) is 3.15. The molecule has 0 saturated heterocycles. The van der Waals surface area contributed by atoms with Crippen molar-refractivity contribution in [3.05, 3.63) is 99.5 Å². The Morgan fingerprint density at radius 3 is 1.87 bits per heavy atom. The standard InChI is InChI=1S/C24H22Cl2N2O3/c1-3-31-24(29)28-27-23(18-8-14-21(30-2)15-9-18)22(16-4-10-19(25)11-5-16)17-6-12-20(26)13-7-17/h4-15,22H,3H2,1-2H3,(H,28,29). The van der Waals surface area contributed by atoms with Crippen molar-refractivity contribution in [1.29, 1.82) is 0 Å². The Morgan fingerprint density at radius 1 is 0.903 bits per heavy atom. The van der Waals surface area contributed by atoms with E-state index in [4.69, 9.17) is 32.7 Å². The zero-order valence-electron chi connectivity index (χ0n) is 17.1. The van der Waals surface area contributed by atoms with Crippen LogP contribution in [0.2, 0.25) is 10.0 Å². The van der Waals surface area contributed by atoms with Crippen LogP contribution in [0, 0.1) is 0 Å². The summed E-state index contributed by atoms with van der Waals surface area (Å²) in [6, 6.07) is 22.5. The number of hydrogen-bond acceptors (Lipinski definition) is 4. The molecule has 5 nitrogen and oxygen atoms in total. The zero-order valence-corrected chi connectivity index (χ0v) is 18.7. The summed E-state index contributed by atoms with van der Waals surface area (Å²) < 4.78 is 10.3. The van der Waals surface area contributed by atoms with E-state index < -0.39 is 6.09 Å². The second-order valence-electron chi connectivity index (χ2n) is 6.59. The van der Waals surface area contributed by atoms with Gasteiger partial charge in [-0.2, -0.15) is 5.10 Å². The second-order valence-corrected chi connectivity index (χ2v) is 7.47. The van der Waals surface area contributed by atoms with Gasteiger partial charge in [-0.05, 0) is 72.1 Å². The first-order chi connectivity index (χ1) is 15.0. The summed E-state index contributed by atoms with van der Waals surface area (Å²) in [5.41, 5.74) is 5.84. The molecule has 0 fully saturated rings. The Balaban J connectivity index is 2.14. The van der Waals surface area contributed by atoms with Crippen molar-refractivity contribution in [2.24, 2.45) is 5.10 Å². The second kappa shape index (κ2) is 10.8. The third-order valence-electron chi connectivity index (χ3n) is 4.61. The molecule has 3 rings (SSSR count). The third-order valence-corrected chi connectivity index (χ3v) is 5.11. The molecule has 0 aliphatic rings. The maximum absolute atomic E-state index is 12.0. The molecule has 0 atom stereocenters. The number of rotatable bonds is 7. The summed E-state index contributed by atoms with van der Waals surface area (Å²) in [4.78, 5) is 12.0. The van der Waals surface area contributed by atoms with Gasteiger partial charge < -0.3 is 9.47 Å². The van der Waals surface area contributed by atoms with Crippen LogP contribution in [0.1, 0.15) is 29.5 Å². The molecule has 0 bridgehead atoms. The van der Waals surface area contributed by atoms with Crippen molar-refractivity contribution in [2.75, 3.05) is 13.7 Å². The van der Waals surface area contributed by atoms with E-state index in [-0.39, 0.29) is 12.5 Å². The Bertz CT molecular complexity index is 988. The van der Waals surface area contributed by atoms with Crippen LogP contribution in [0.15, 0.2) is 77.9 Å². The number of hydrazone groups is 1. The van der Waals surface area contributed by atoms with E-state index >= 15 is 0 Å². The molecule has 31 heavy (non-hydrogen) atoms. The van der Waals surface area contributed by atoms with Crippen LogP contribution in [0.25, 0.3) is 0 Å². The lowest BCUT2D eigenvalue weighted by atomic mass is 9.84. The smallest absolute Gasteiger partial charge is 0.427 e. The van der Waals surface area contributed by atoms with Crippen LogP contribution in [-0.2, 0) is 4.74 Å². The number of nitrogens with zero attached hydrogens (tertiary/aromatic N) is 1. The molecule has 0 aliphatic heterocycles. The molecular weight excluding hydrogens is 435 g/mol. The Kier molecular flexibility index (Phi) is 7.93. The van der Waals surface area contributed by atoms with E-state index in [0.29, 0.717) is 15.8 Å². The van der Waals surface area contributed by atoms with Gasteiger partial charge in [0.15, 0.2) is 0 Å². The molecule has 0 heterocycles. The van der Waals surface area contributed by atoms with E-state index in [1.54, 1.807) is 14.0 Å². The maximum atomic E-state index is 12.0. The van der Waals surface area contributed by atoms with Gasteiger partial charge in [0, 0.05) is 10.0 Å². The van der Waals surface area contributed by atoms with Gasteiger partial charge in [0.2, 0.25) is 0 Å². The van der Waals surface area contributed by atoms with Crippen LogP contribution in [0.3, 0.4) is 0 Å². The highest BCUT2D eigenvalue weighted by atomic mass is 35.5. The van der Waals surface area contributed by atoms with Crippen molar-refractivity contribution in [1.82, 2.24) is 5.43 Å². The molecule has 1 N–H and O–H groups in total. The van der Waals surface area contributed by atoms with E-state index in [0.717, 1.165) is 22.4 Å². The van der Waals surface area contributed by atoms with Gasteiger partial charge in [0.25, 0.3) is 0 Å². The maximum Gasteiger partial charge on any atom is 0.427 e. The Hall–Kier alpha value is -3.02. The minimum Gasteiger partial charge on any atom is -0.497 e. The number of ether oxygens (including phenoxy) is 2. The molecule has 7 heteroatoms. The summed E-state index contributed by atoms with van der Waals surface area (Å²) >= 11 is 12.2. The molecule has 0 radical (unpaired) electrons. The van der Waals surface area contributed by atoms with Crippen molar-refractivity contribution in [3.8, 4) is 5.75 Å². The number of nitrogens with one attached hydrogen (secondary N) is 1. The van der Waals surface area contributed by atoms with Gasteiger partial charge in [0.1, 0.15) is 5.75 Å². The Labute approximate surface area is 191 Å². The molecule has 3 aromatic carbocycles. The molecule has 0 aliphatic carbocycles. The number of carbonyl (C=O) groups is 1. The molecule has 0 spiro atoms. The largest absolute Gasteiger partial charge is 0.497 e. The normalized spacial score (nSPS) is 11.3. The number of methoxy groups -OCH3 is 1. The van der Waals surface area contributed by atoms with E-state index in [2.05, 4.69) is 10.5 Å². The fraction of sp³-hybridized carbons (Fsp3) is 0.167. The monoisotopic (exact) mass is 456 g/mol. The number of hydrogen-bond donors (Lipinski definition) is 1. The molecular formula is C24H22Cl2N2O3. The lowest BCUT2D eigenvalue weighted by molar-refractivity contribution is 0.152. The summed E-state index contributed by atoms with van der Waals surface area (Å²) in [6.45, 7) is 1.98. The molecule has 160 valence electrons. The molecule has 1 amide bonds. The first kappa shape index (κ1) is 22.7. The minimum absolute atomic E-state index is 0.247. The SMILES string of the molecule is CCOC(=O)NN=C(c1ccc(OC)cc1)C(c1ccc(Cl)cc1)c1ccc(Cl)cc1. The summed E-state index contributed by atoms with van der Waals surface area (Å²) in [6.07, 6.45) is -0.625. The average molecular weight is 457 g/mol. The van der Waals surface area contributed by atoms with Crippen molar-refractivity contribution >= 4 is 35.0 Å². The van der Waals surface area contributed by atoms with Gasteiger partial charge in [0.05, 0.1) is 25.3 Å². The van der Waals surface area contributed by atoms with Crippen molar-refractivity contribution < 1.29 is 14.3 Å².